The van der Waals surface area contributed by atoms with Gasteiger partial charge in [-0.1, -0.05) is 13.8 Å². The highest BCUT2D eigenvalue weighted by Gasteiger charge is 2.17. The van der Waals surface area contributed by atoms with E-state index in [2.05, 4.69) is 28.4 Å². The van der Waals surface area contributed by atoms with Crippen LogP contribution < -0.4 is 4.72 Å². The van der Waals surface area contributed by atoms with Gasteiger partial charge in [-0.05, 0) is 12.5 Å². The molecule has 1 aliphatic heterocycles. The third-order valence-electron chi connectivity index (χ3n) is 3.18. The van der Waals surface area contributed by atoms with Gasteiger partial charge in [-0.2, -0.15) is 0 Å². The zero-order valence-corrected chi connectivity index (χ0v) is 12.0. The predicted molar refractivity (Wildman–Crippen MR) is 70.6 cm³/mol. The maximum Gasteiger partial charge on any atom is 0.208 e. The Morgan fingerprint density at radius 3 is 2.18 bits per heavy atom. The van der Waals surface area contributed by atoms with Crippen LogP contribution in [0.2, 0.25) is 0 Å². The summed E-state index contributed by atoms with van der Waals surface area (Å²) < 4.78 is 24.5. The molecule has 1 unspecified atom stereocenters. The van der Waals surface area contributed by atoms with Crippen molar-refractivity contribution in [3.05, 3.63) is 0 Å². The third-order valence-corrected chi connectivity index (χ3v) is 3.87. The van der Waals surface area contributed by atoms with E-state index in [1.165, 1.54) is 6.26 Å². The first kappa shape index (κ1) is 14.9. The van der Waals surface area contributed by atoms with E-state index >= 15 is 0 Å². The van der Waals surface area contributed by atoms with E-state index in [-0.39, 0.29) is 0 Å². The lowest BCUT2D eigenvalue weighted by Crippen LogP contribution is -2.48. The number of hydrogen-bond acceptors (Lipinski definition) is 4. The molecule has 1 heterocycles. The van der Waals surface area contributed by atoms with Crippen molar-refractivity contribution in [1.82, 2.24) is 14.5 Å². The van der Waals surface area contributed by atoms with E-state index in [0.29, 0.717) is 12.5 Å². The second-order valence-corrected chi connectivity index (χ2v) is 6.79. The summed E-state index contributed by atoms with van der Waals surface area (Å²) in [4.78, 5) is 4.86. The summed E-state index contributed by atoms with van der Waals surface area (Å²) in [6.07, 6.45) is 1.21. The molecule has 1 fully saturated rings. The fourth-order valence-corrected chi connectivity index (χ4v) is 2.67. The number of nitrogens with zero attached hydrogens (tertiary/aromatic N) is 2. The number of sulfonamides is 1. The lowest BCUT2D eigenvalue weighted by molar-refractivity contribution is 0.125. The second-order valence-electron chi connectivity index (χ2n) is 4.96. The molecule has 17 heavy (non-hydrogen) atoms. The third kappa shape index (κ3) is 6.35. The molecule has 0 bridgehead atoms. The van der Waals surface area contributed by atoms with Crippen molar-refractivity contribution in [2.45, 2.75) is 13.8 Å². The molecule has 102 valence electrons. The standard InChI is InChI=1S/C11H25N3O2S/c1-4-13-5-7-14(8-6-13)10-11(2)9-12-17(3,15)16/h11-12H,4-10H2,1-3H3. The van der Waals surface area contributed by atoms with Gasteiger partial charge in [-0.15, -0.1) is 0 Å². The second kappa shape index (κ2) is 6.68. The Bertz CT molecular complexity index is 311. The summed E-state index contributed by atoms with van der Waals surface area (Å²) in [5.41, 5.74) is 0. The van der Waals surface area contributed by atoms with Gasteiger partial charge in [0.05, 0.1) is 6.26 Å². The molecule has 1 aliphatic rings. The molecule has 1 atom stereocenters. The highest BCUT2D eigenvalue weighted by Crippen LogP contribution is 2.05. The van der Waals surface area contributed by atoms with Crippen LogP contribution in [-0.2, 0) is 10.0 Å². The average molecular weight is 263 g/mol. The van der Waals surface area contributed by atoms with Crippen molar-refractivity contribution in [3.8, 4) is 0 Å². The van der Waals surface area contributed by atoms with Crippen LogP contribution in [0, 0.1) is 5.92 Å². The molecular formula is C11H25N3O2S. The fourth-order valence-electron chi connectivity index (χ4n) is 2.09. The topological polar surface area (TPSA) is 52.6 Å². The SMILES string of the molecule is CCN1CCN(CC(C)CNS(C)(=O)=O)CC1. The summed E-state index contributed by atoms with van der Waals surface area (Å²) in [7, 11) is -3.05. The Kier molecular flexibility index (Phi) is 5.85. The monoisotopic (exact) mass is 263 g/mol. The van der Waals surface area contributed by atoms with E-state index in [0.717, 1.165) is 39.3 Å². The molecule has 0 saturated carbocycles. The molecule has 0 aliphatic carbocycles. The van der Waals surface area contributed by atoms with Crippen LogP contribution in [-0.4, -0.2) is 70.3 Å². The lowest BCUT2D eigenvalue weighted by Gasteiger charge is -2.35. The molecule has 1 N–H and O–H groups in total. The maximum atomic E-state index is 11.0. The van der Waals surface area contributed by atoms with E-state index in [9.17, 15) is 8.42 Å². The normalized spacial score (nSPS) is 21.6. The van der Waals surface area contributed by atoms with Crippen molar-refractivity contribution in [3.63, 3.8) is 0 Å². The quantitative estimate of drug-likeness (QED) is 0.722. The summed E-state index contributed by atoms with van der Waals surface area (Å²) >= 11 is 0. The summed E-state index contributed by atoms with van der Waals surface area (Å²) in [6.45, 7) is 11.4. The fraction of sp³-hybridized carbons (Fsp3) is 1.00. The molecule has 0 aromatic carbocycles. The van der Waals surface area contributed by atoms with Crippen molar-refractivity contribution >= 4 is 10.0 Å². The molecule has 5 nitrogen and oxygen atoms in total. The lowest BCUT2D eigenvalue weighted by atomic mass is 10.1. The van der Waals surface area contributed by atoms with E-state index < -0.39 is 10.0 Å². The highest BCUT2D eigenvalue weighted by atomic mass is 32.2. The molecule has 0 aromatic heterocycles. The summed E-state index contributed by atoms with van der Waals surface area (Å²) in [5.74, 6) is 0.359. The van der Waals surface area contributed by atoms with Gasteiger partial charge in [-0.3, -0.25) is 0 Å². The number of hydrogen-bond donors (Lipinski definition) is 1. The summed E-state index contributed by atoms with van der Waals surface area (Å²) in [6, 6.07) is 0. The van der Waals surface area contributed by atoms with Gasteiger partial charge >= 0.3 is 0 Å². The molecular weight excluding hydrogens is 238 g/mol. The Morgan fingerprint density at radius 2 is 1.71 bits per heavy atom. The van der Waals surface area contributed by atoms with Crippen LogP contribution >= 0.6 is 0 Å². The minimum Gasteiger partial charge on any atom is -0.301 e. The first-order valence-corrected chi connectivity index (χ1v) is 8.19. The minimum atomic E-state index is -3.05. The van der Waals surface area contributed by atoms with Crippen LogP contribution in [0.25, 0.3) is 0 Å². The number of rotatable bonds is 6. The number of likely N-dealkylation sites (N-methyl/N-ethyl adjacent to an activating group) is 1. The van der Waals surface area contributed by atoms with Gasteiger partial charge in [0.15, 0.2) is 0 Å². The van der Waals surface area contributed by atoms with Crippen LogP contribution in [0.15, 0.2) is 0 Å². The number of piperazine rings is 1. The first-order chi connectivity index (χ1) is 7.90. The molecule has 1 saturated heterocycles. The zero-order chi connectivity index (χ0) is 12.9. The van der Waals surface area contributed by atoms with Crippen molar-refractivity contribution in [2.75, 3.05) is 52.1 Å². The maximum absolute atomic E-state index is 11.0. The van der Waals surface area contributed by atoms with Gasteiger partial charge < -0.3 is 9.80 Å². The smallest absolute Gasteiger partial charge is 0.208 e. The largest absolute Gasteiger partial charge is 0.301 e. The van der Waals surface area contributed by atoms with E-state index in [4.69, 9.17) is 0 Å². The summed E-state index contributed by atoms with van der Waals surface area (Å²) in [5, 5.41) is 0. The van der Waals surface area contributed by atoms with E-state index in [1.807, 2.05) is 0 Å². The molecule has 0 radical (unpaired) electrons. The van der Waals surface area contributed by atoms with Crippen molar-refractivity contribution < 1.29 is 8.42 Å². The number of nitrogens with one attached hydrogen (secondary N) is 1. The van der Waals surface area contributed by atoms with Gasteiger partial charge in [0.1, 0.15) is 0 Å². The first-order valence-electron chi connectivity index (χ1n) is 6.30. The van der Waals surface area contributed by atoms with Crippen LogP contribution in [0.3, 0.4) is 0 Å². The Morgan fingerprint density at radius 1 is 1.18 bits per heavy atom. The van der Waals surface area contributed by atoms with E-state index in [1.54, 1.807) is 0 Å². The van der Waals surface area contributed by atoms with Crippen LogP contribution in [0.1, 0.15) is 13.8 Å². The molecule has 0 spiro atoms. The molecule has 1 rings (SSSR count). The van der Waals surface area contributed by atoms with Crippen molar-refractivity contribution in [2.24, 2.45) is 5.92 Å². The van der Waals surface area contributed by atoms with Crippen LogP contribution in [0.4, 0.5) is 0 Å². The van der Waals surface area contributed by atoms with Gasteiger partial charge in [0.2, 0.25) is 10.0 Å². The molecule has 0 amide bonds. The van der Waals surface area contributed by atoms with Crippen LogP contribution in [0.5, 0.6) is 0 Å². The van der Waals surface area contributed by atoms with Gasteiger partial charge in [-0.25, -0.2) is 13.1 Å². The Labute approximate surface area is 105 Å². The minimum absolute atomic E-state index is 0.359. The molecule has 6 heteroatoms. The highest BCUT2D eigenvalue weighted by molar-refractivity contribution is 7.88. The van der Waals surface area contributed by atoms with Gasteiger partial charge in [0.25, 0.3) is 0 Å². The Hall–Kier alpha value is -0.170. The zero-order valence-electron chi connectivity index (χ0n) is 11.1. The van der Waals surface area contributed by atoms with Crippen molar-refractivity contribution in [1.29, 1.82) is 0 Å². The Balaban J connectivity index is 2.21. The van der Waals surface area contributed by atoms with Gasteiger partial charge in [0, 0.05) is 39.3 Å². The molecule has 0 aromatic rings. The average Bonchev–Trinajstić information content (AvgIpc) is 2.27. The predicted octanol–water partition coefficient (Wildman–Crippen LogP) is -0.191.